The van der Waals surface area contributed by atoms with Gasteiger partial charge in [0.1, 0.15) is 18.2 Å². The number of nitrogens with zero attached hydrogens (tertiary/aromatic N) is 1. The Labute approximate surface area is 121 Å². The summed E-state index contributed by atoms with van der Waals surface area (Å²) in [6.45, 7) is 9.74. The monoisotopic (exact) mass is 270 g/mol. The predicted molar refractivity (Wildman–Crippen MR) is 83.4 cm³/mol. The molecule has 0 saturated carbocycles. The molecule has 106 valence electrons. The van der Waals surface area contributed by atoms with Crippen LogP contribution in [0.5, 0.6) is 5.75 Å². The molecule has 0 bridgehead atoms. The zero-order chi connectivity index (χ0) is 14.5. The van der Waals surface area contributed by atoms with Gasteiger partial charge in [-0.05, 0) is 50.5 Å². The highest BCUT2D eigenvalue weighted by Gasteiger charge is 2.08. The third-order valence-electron chi connectivity index (χ3n) is 3.48. The average Bonchev–Trinajstić information content (AvgIpc) is 2.45. The van der Waals surface area contributed by atoms with Crippen molar-refractivity contribution in [3.63, 3.8) is 0 Å². The number of benzene rings is 1. The van der Waals surface area contributed by atoms with Crippen LogP contribution in [0.15, 0.2) is 30.5 Å². The number of ether oxygens (including phenoxy) is 1. The van der Waals surface area contributed by atoms with Crippen LogP contribution >= 0.6 is 0 Å². The largest absolute Gasteiger partial charge is 0.488 e. The van der Waals surface area contributed by atoms with Crippen molar-refractivity contribution < 1.29 is 4.74 Å². The van der Waals surface area contributed by atoms with Crippen LogP contribution in [-0.4, -0.2) is 11.5 Å². The van der Waals surface area contributed by atoms with Crippen LogP contribution in [0.2, 0.25) is 0 Å². The number of pyridine rings is 1. The van der Waals surface area contributed by atoms with Crippen molar-refractivity contribution in [2.75, 3.05) is 11.9 Å². The number of hydrogen-bond acceptors (Lipinski definition) is 3. The van der Waals surface area contributed by atoms with E-state index < -0.39 is 0 Å². The maximum atomic E-state index is 6.04. The molecule has 0 aliphatic carbocycles. The molecular formula is C17H22N2O. The van der Waals surface area contributed by atoms with Crippen LogP contribution in [0.3, 0.4) is 0 Å². The van der Waals surface area contributed by atoms with Crippen molar-refractivity contribution in [1.82, 2.24) is 4.98 Å². The van der Waals surface area contributed by atoms with Crippen molar-refractivity contribution in [2.24, 2.45) is 0 Å². The van der Waals surface area contributed by atoms with Gasteiger partial charge in [0.2, 0.25) is 0 Å². The second-order valence-electron chi connectivity index (χ2n) is 4.98. The van der Waals surface area contributed by atoms with Crippen LogP contribution in [0.25, 0.3) is 0 Å². The fourth-order valence-corrected chi connectivity index (χ4v) is 2.18. The Hall–Kier alpha value is -2.03. The smallest absolute Gasteiger partial charge is 0.132 e. The van der Waals surface area contributed by atoms with Crippen molar-refractivity contribution in [2.45, 2.75) is 34.3 Å². The summed E-state index contributed by atoms with van der Waals surface area (Å²) in [5.41, 5.74) is 4.71. The summed E-state index contributed by atoms with van der Waals surface area (Å²) in [4.78, 5) is 4.35. The lowest BCUT2D eigenvalue weighted by Gasteiger charge is -2.15. The van der Waals surface area contributed by atoms with Crippen molar-refractivity contribution >= 4 is 5.82 Å². The first-order valence-electron chi connectivity index (χ1n) is 7.00. The minimum Gasteiger partial charge on any atom is -0.488 e. The summed E-state index contributed by atoms with van der Waals surface area (Å²) in [5.74, 6) is 1.88. The Morgan fingerprint density at radius 3 is 2.60 bits per heavy atom. The molecule has 0 aliphatic heterocycles. The van der Waals surface area contributed by atoms with Gasteiger partial charge in [0.05, 0.1) is 0 Å². The molecule has 0 unspecified atom stereocenters. The number of hydrogen-bond donors (Lipinski definition) is 1. The summed E-state index contributed by atoms with van der Waals surface area (Å²) in [5, 5.41) is 3.26. The summed E-state index contributed by atoms with van der Waals surface area (Å²) >= 11 is 0. The minimum absolute atomic E-state index is 0.529. The van der Waals surface area contributed by atoms with Crippen LogP contribution in [-0.2, 0) is 6.61 Å². The van der Waals surface area contributed by atoms with Crippen LogP contribution in [0.1, 0.15) is 29.2 Å². The first-order valence-corrected chi connectivity index (χ1v) is 7.00. The first kappa shape index (κ1) is 14.4. The molecule has 1 aromatic heterocycles. The fraction of sp³-hybridized carbons (Fsp3) is 0.353. The summed E-state index contributed by atoms with van der Waals surface area (Å²) in [6, 6.07) is 8.22. The lowest BCUT2D eigenvalue weighted by atomic mass is 10.1. The van der Waals surface area contributed by atoms with E-state index in [0.717, 1.165) is 23.7 Å². The zero-order valence-corrected chi connectivity index (χ0v) is 12.7. The van der Waals surface area contributed by atoms with E-state index in [1.807, 2.05) is 12.1 Å². The van der Waals surface area contributed by atoms with E-state index in [-0.39, 0.29) is 0 Å². The summed E-state index contributed by atoms with van der Waals surface area (Å²) in [6.07, 6.45) is 1.80. The van der Waals surface area contributed by atoms with Gasteiger partial charge in [-0.15, -0.1) is 0 Å². The van der Waals surface area contributed by atoms with E-state index in [9.17, 15) is 0 Å². The maximum absolute atomic E-state index is 6.04. The van der Waals surface area contributed by atoms with Crippen molar-refractivity contribution in [1.29, 1.82) is 0 Å². The second kappa shape index (κ2) is 6.42. The Kier molecular flexibility index (Phi) is 4.61. The van der Waals surface area contributed by atoms with Gasteiger partial charge in [0, 0.05) is 18.3 Å². The zero-order valence-electron chi connectivity index (χ0n) is 12.7. The molecule has 3 nitrogen and oxygen atoms in total. The van der Waals surface area contributed by atoms with Crippen molar-refractivity contribution in [3.8, 4) is 5.75 Å². The highest BCUT2D eigenvalue weighted by atomic mass is 16.5. The lowest BCUT2D eigenvalue weighted by Crippen LogP contribution is -2.06. The molecule has 20 heavy (non-hydrogen) atoms. The Morgan fingerprint density at radius 1 is 1.10 bits per heavy atom. The molecule has 0 saturated heterocycles. The van der Waals surface area contributed by atoms with Crippen molar-refractivity contribution in [3.05, 3.63) is 52.7 Å². The molecule has 1 heterocycles. The Morgan fingerprint density at radius 2 is 1.85 bits per heavy atom. The third kappa shape index (κ3) is 3.10. The Bertz CT molecular complexity index is 594. The summed E-state index contributed by atoms with van der Waals surface area (Å²) < 4.78 is 6.04. The topological polar surface area (TPSA) is 34.2 Å². The van der Waals surface area contributed by atoms with Gasteiger partial charge in [0.15, 0.2) is 0 Å². The second-order valence-corrected chi connectivity index (χ2v) is 4.98. The van der Waals surface area contributed by atoms with Crippen LogP contribution < -0.4 is 10.1 Å². The fourth-order valence-electron chi connectivity index (χ4n) is 2.18. The van der Waals surface area contributed by atoms with E-state index >= 15 is 0 Å². The number of aryl methyl sites for hydroxylation is 2. The molecular weight excluding hydrogens is 248 g/mol. The highest BCUT2D eigenvalue weighted by Crippen LogP contribution is 2.27. The minimum atomic E-state index is 0.529. The van der Waals surface area contributed by atoms with E-state index in [2.05, 4.69) is 50.1 Å². The van der Waals surface area contributed by atoms with E-state index in [1.165, 1.54) is 16.7 Å². The molecule has 0 spiro atoms. The molecule has 1 N–H and O–H groups in total. The molecule has 0 radical (unpaired) electrons. The van der Waals surface area contributed by atoms with Gasteiger partial charge in [-0.3, -0.25) is 0 Å². The van der Waals surface area contributed by atoms with E-state index in [0.29, 0.717) is 6.61 Å². The highest BCUT2D eigenvalue weighted by molar-refractivity contribution is 5.46. The first-order chi connectivity index (χ1) is 9.63. The SMILES string of the molecule is CCNc1ncccc1COc1c(C)ccc(C)c1C. The standard InChI is InChI=1S/C17H22N2O/c1-5-18-17-15(7-6-10-19-17)11-20-16-13(3)9-8-12(2)14(16)4/h6-10H,5,11H2,1-4H3,(H,18,19). The van der Waals surface area contributed by atoms with E-state index in [4.69, 9.17) is 4.74 Å². The number of aromatic nitrogens is 1. The average molecular weight is 270 g/mol. The van der Waals surface area contributed by atoms with Gasteiger partial charge in [-0.2, -0.15) is 0 Å². The molecule has 0 fully saturated rings. The van der Waals surface area contributed by atoms with Gasteiger partial charge in [0.25, 0.3) is 0 Å². The van der Waals surface area contributed by atoms with Gasteiger partial charge < -0.3 is 10.1 Å². The number of nitrogens with one attached hydrogen (secondary N) is 1. The van der Waals surface area contributed by atoms with Crippen LogP contribution in [0, 0.1) is 20.8 Å². The number of anilines is 1. The molecule has 1 aromatic carbocycles. The Balaban J connectivity index is 2.19. The molecule has 0 amide bonds. The maximum Gasteiger partial charge on any atom is 0.132 e. The lowest BCUT2D eigenvalue weighted by molar-refractivity contribution is 0.302. The molecule has 0 aliphatic rings. The predicted octanol–water partition coefficient (Wildman–Crippen LogP) is 4.02. The van der Waals surface area contributed by atoms with Gasteiger partial charge in [-0.1, -0.05) is 18.2 Å². The molecule has 0 atom stereocenters. The van der Waals surface area contributed by atoms with E-state index in [1.54, 1.807) is 6.20 Å². The summed E-state index contributed by atoms with van der Waals surface area (Å²) in [7, 11) is 0. The van der Waals surface area contributed by atoms with Gasteiger partial charge >= 0.3 is 0 Å². The normalized spacial score (nSPS) is 10.4. The number of rotatable bonds is 5. The molecule has 3 heteroatoms. The third-order valence-corrected chi connectivity index (χ3v) is 3.48. The molecule has 2 aromatic rings. The molecule has 2 rings (SSSR count). The quantitative estimate of drug-likeness (QED) is 0.891. The van der Waals surface area contributed by atoms with Gasteiger partial charge in [-0.25, -0.2) is 4.98 Å². The van der Waals surface area contributed by atoms with Crippen LogP contribution in [0.4, 0.5) is 5.82 Å².